The van der Waals surface area contributed by atoms with Gasteiger partial charge in [-0.1, -0.05) is 13.0 Å². The Bertz CT molecular complexity index is 526. The van der Waals surface area contributed by atoms with Gasteiger partial charge in [-0.15, -0.1) is 0 Å². The number of hydrogen-bond donors (Lipinski definition) is 0. The van der Waals surface area contributed by atoms with E-state index in [2.05, 4.69) is 0 Å². The maximum absolute atomic E-state index is 11.5. The summed E-state index contributed by atoms with van der Waals surface area (Å²) in [6.45, 7) is 1.94. The van der Waals surface area contributed by atoms with E-state index in [1.165, 1.54) is 12.1 Å². The summed E-state index contributed by atoms with van der Waals surface area (Å²) in [5.41, 5.74) is 1.57. The van der Waals surface area contributed by atoms with Crippen LogP contribution in [-0.4, -0.2) is 10.7 Å². The highest BCUT2D eigenvalue weighted by Crippen LogP contribution is 2.24. The van der Waals surface area contributed by atoms with E-state index in [1.807, 2.05) is 13.0 Å². The first-order valence-electron chi connectivity index (χ1n) is 5.26. The number of carbonyl (C=O) groups is 1. The third-order valence-corrected chi connectivity index (χ3v) is 2.74. The van der Waals surface area contributed by atoms with Gasteiger partial charge in [-0.05, 0) is 29.8 Å². The molecular weight excluding hydrogens is 218 g/mol. The van der Waals surface area contributed by atoms with Crippen LogP contribution in [0.4, 0.5) is 5.69 Å². The molecule has 0 unspecified atom stereocenters. The largest absolute Gasteiger partial charge is 0.290 e. The fourth-order valence-corrected chi connectivity index (χ4v) is 1.73. The maximum atomic E-state index is 11.5. The minimum absolute atomic E-state index is 0.0100. The summed E-state index contributed by atoms with van der Waals surface area (Å²) in [4.78, 5) is 21.5. The van der Waals surface area contributed by atoms with Crippen molar-refractivity contribution in [1.82, 2.24) is 0 Å². The lowest BCUT2D eigenvalue weighted by Gasteiger charge is -2.02. The van der Waals surface area contributed by atoms with Gasteiger partial charge < -0.3 is 0 Å². The second kappa shape index (κ2) is 4.33. The van der Waals surface area contributed by atoms with Crippen LogP contribution in [0.3, 0.4) is 0 Å². The minimum atomic E-state index is -0.443. The molecule has 0 N–H and O–H groups in total. The molecule has 4 nitrogen and oxygen atoms in total. The summed E-state index contributed by atoms with van der Waals surface area (Å²) >= 11 is 0. The SMILES string of the molecule is C[C@@H]1C=CC(=O)/C1=C/c1ccc([N+](=O)[O-])cc1. The van der Waals surface area contributed by atoms with E-state index < -0.39 is 4.92 Å². The van der Waals surface area contributed by atoms with Gasteiger partial charge in [0.2, 0.25) is 0 Å². The van der Waals surface area contributed by atoms with E-state index >= 15 is 0 Å². The normalized spacial score (nSPS) is 21.1. The fraction of sp³-hybridized carbons (Fsp3) is 0.154. The number of carbonyl (C=O) groups excluding carboxylic acids is 1. The van der Waals surface area contributed by atoms with Crippen LogP contribution in [0.5, 0.6) is 0 Å². The summed E-state index contributed by atoms with van der Waals surface area (Å²) in [5, 5.41) is 10.5. The molecule has 0 bridgehead atoms. The summed E-state index contributed by atoms with van der Waals surface area (Å²) in [6, 6.07) is 6.15. The summed E-state index contributed by atoms with van der Waals surface area (Å²) in [6.07, 6.45) is 5.18. The monoisotopic (exact) mass is 229 g/mol. The highest BCUT2D eigenvalue weighted by molar-refractivity contribution is 6.10. The van der Waals surface area contributed by atoms with E-state index in [4.69, 9.17) is 0 Å². The van der Waals surface area contributed by atoms with Crippen molar-refractivity contribution >= 4 is 17.5 Å². The Balaban J connectivity index is 2.27. The van der Waals surface area contributed by atoms with Crippen molar-refractivity contribution in [2.75, 3.05) is 0 Å². The molecule has 4 heteroatoms. The van der Waals surface area contributed by atoms with E-state index in [1.54, 1.807) is 24.3 Å². The Morgan fingerprint density at radius 1 is 1.29 bits per heavy atom. The van der Waals surface area contributed by atoms with Crippen LogP contribution >= 0.6 is 0 Å². The molecule has 0 aliphatic heterocycles. The van der Waals surface area contributed by atoms with E-state index in [0.717, 1.165) is 11.1 Å². The number of benzene rings is 1. The fourth-order valence-electron chi connectivity index (χ4n) is 1.73. The molecule has 0 fully saturated rings. The maximum Gasteiger partial charge on any atom is 0.269 e. The molecule has 1 aliphatic carbocycles. The van der Waals surface area contributed by atoms with Gasteiger partial charge in [-0.2, -0.15) is 0 Å². The van der Waals surface area contributed by atoms with Crippen LogP contribution in [0.2, 0.25) is 0 Å². The number of rotatable bonds is 2. The molecule has 0 heterocycles. The van der Waals surface area contributed by atoms with Gasteiger partial charge >= 0.3 is 0 Å². The Morgan fingerprint density at radius 2 is 1.94 bits per heavy atom. The highest BCUT2D eigenvalue weighted by Gasteiger charge is 2.18. The van der Waals surface area contributed by atoms with Crippen LogP contribution in [-0.2, 0) is 4.79 Å². The number of ketones is 1. The third kappa shape index (κ3) is 2.30. The van der Waals surface area contributed by atoms with Gasteiger partial charge in [0.05, 0.1) is 4.92 Å². The molecule has 0 saturated heterocycles. The average Bonchev–Trinajstić information content (AvgIpc) is 2.61. The van der Waals surface area contributed by atoms with E-state index in [-0.39, 0.29) is 17.4 Å². The molecule has 17 heavy (non-hydrogen) atoms. The number of allylic oxidation sites excluding steroid dienone is 3. The topological polar surface area (TPSA) is 60.2 Å². The van der Waals surface area contributed by atoms with Gasteiger partial charge in [0, 0.05) is 23.6 Å². The van der Waals surface area contributed by atoms with Crippen molar-refractivity contribution in [3.63, 3.8) is 0 Å². The lowest BCUT2D eigenvalue weighted by molar-refractivity contribution is -0.384. The van der Waals surface area contributed by atoms with Crippen molar-refractivity contribution in [3.05, 3.63) is 57.7 Å². The number of nitrogens with zero attached hydrogens (tertiary/aromatic N) is 1. The van der Waals surface area contributed by atoms with E-state index in [9.17, 15) is 14.9 Å². The quantitative estimate of drug-likeness (QED) is 0.445. The minimum Gasteiger partial charge on any atom is -0.290 e. The first-order chi connectivity index (χ1) is 8.08. The van der Waals surface area contributed by atoms with Crippen LogP contribution in [0.15, 0.2) is 42.0 Å². The molecule has 0 amide bonds. The third-order valence-electron chi connectivity index (χ3n) is 2.74. The summed E-state index contributed by atoms with van der Waals surface area (Å²) < 4.78 is 0. The molecule has 1 aromatic carbocycles. The number of nitro groups is 1. The van der Waals surface area contributed by atoms with Crippen LogP contribution in [0.1, 0.15) is 12.5 Å². The Hall–Kier alpha value is -2.23. The Labute approximate surface area is 98.4 Å². The van der Waals surface area contributed by atoms with Gasteiger partial charge in [-0.3, -0.25) is 14.9 Å². The Kier molecular flexibility index (Phi) is 2.87. The van der Waals surface area contributed by atoms with Gasteiger partial charge in [-0.25, -0.2) is 0 Å². The summed E-state index contributed by atoms with van der Waals surface area (Å²) in [5.74, 6) is 0.119. The zero-order valence-corrected chi connectivity index (χ0v) is 9.29. The predicted octanol–water partition coefficient (Wildman–Crippen LogP) is 2.75. The lowest BCUT2D eigenvalue weighted by atomic mass is 10.0. The van der Waals surface area contributed by atoms with Crippen LogP contribution in [0.25, 0.3) is 6.08 Å². The molecular formula is C13H11NO3. The first-order valence-corrected chi connectivity index (χ1v) is 5.26. The summed E-state index contributed by atoms with van der Waals surface area (Å²) in [7, 11) is 0. The zero-order valence-electron chi connectivity index (χ0n) is 9.29. The second-order valence-electron chi connectivity index (χ2n) is 3.96. The molecule has 0 aromatic heterocycles. The van der Waals surface area contributed by atoms with Gasteiger partial charge in [0.1, 0.15) is 0 Å². The van der Waals surface area contributed by atoms with Crippen molar-refractivity contribution in [3.8, 4) is 0 Å². The molecule has 1 atom stereocenters. The van der Waals surface area contributed by atoms with Gasteiger partial charge in [0.15, 0.2) is 5.78 Å². The van der Waals surface area contributed by atoms with Crippen molar-refractivity contribution in [2.24, 2.45) is 5.92 Å². The number of hydrogen-bond acceptors (Lipinski definition) is 3. The van der Waals surface area contributed by atoms with Crippen LogP contribution in [0, 0.1) is 16.0 Å². The highest BCUT2D eigenvalue weighted by atomic mass is 16.6. The standard InChI is InChI=1S/C13H11NO3/c1-9-2-7-13(15)12(9)8-10-3-5-11(6-4-10)14(16)17/h2-9H,1H3/b12-8+/t9-/m1/s1. The van der Waals surface area contributed by atoms with Gasteiger partial charge in [0.25, 0.3) is 5.69 Å². The molecule has 0 radical (unpaired) electrons. The zero-order chi connectivity index (χ0) is 12.4. The van der Waals surface area contributed by atoms with Crippen molar-refractivity contribution < 1.29 is 9.72 Å². The molecule has 1 aliphatic rings. The van der Waals surface area contributed by atoms with Crippen molar-refractivity contribution in [2.45, 2.75) is 6.92 Å². The van der Waals surface area contributed by atoms with Crippen LogP contribution < -0.4 is 0 Å². The van der Waals surface area contributed by atoms with E-state index in [0.29, 0.717) is 0 Å². The smallest absolute Gasteiger partial charge is 0.269 e. The predicted molar refractivity (Wildman–Crippen MR) is 64.4 cm³/mol. The van der Waals surface area contributed by atoms with Crippen molar-refractivity contribution in [1.29, 1.82) is 0 Å². The molecule has 0 saturated carbocycles. The molecule has 86 valence electrons. The molecule has 1 aromatic rings. The number of nitro benzene ring substituents is 1. The number of non-ortho nitro benzene ring substituents is 1. The molecule has 0 spiro atoms. The average molecular weight is 229 g/mol. The Morgan fingerprint density at radius 3 is 2.41 bits per heavy atom. The second-order valence-corrected chi connectivity index (χ2v) is 3.96. The first kappa shape index (κ1) is 11.3. The lowest BCUT2D eigenvalue weighted by Crippen LogP contribution is -1.98. The molecule has 2 rings (SSSR count).